The van der Waals surface area contributed by atoms with Gasteiger partial charge in [0.15, 0.2) is 0 Å². The Balaban J connectivity index is 1.56. The molecular formula is C24H19F3N2O2S. The van der Waals surface area contributed by atoms with Crippen molar-refractivity contribution >= 4 is 35.0 Å². The first-order valence-electron chi connectivity index (χ1n) is 9.81. The van der Waals surface area contributed by atoms with E-state index in [0.29, 0.717) is 16.9 Å². The molecule has 32 heavy (non-hydrogen) atoms. The van der Waals surface area contributed by atoms with Crippen LogP contribution in [0.3, 0.4) is 0 Å². The van der Waals surface area contributed by atoms with Crippen LogP contribution in [-0.2, 0) is 11.0 Å². The Morgan fingerprint density at radius 1 is 1.03 bits per heavy atom. The summed E-state index contributed by atoms with van der Waals surface area (Å²) in [5.41, 5.74) is 2.54. The quantitative estimate of drug-likeness (QED) is 0.520. The van der Waals surface area contributed by atoms with E-state index in [4.69, 9.17) is 0 Å². The lowest BCUT2D eigenvalue weighted by Crippen LogP contribution is -2.28. The normalized spacial score (nSPS) is 16.3. The summed E-state index contributed by atoms with van der Waals surface area (Å²) in [4.78, 5) is 26.6. The summed E-state index contributed by atoms with van der Waals surface area (Å²) in [6.07, 6.45) is -4.44. The monoisotopic (exact) mass is 456 g/mol. The topological polar surface area (TPSA) is 49.4 Å². The molecule has 0 spiro atoms. The second kappa shape index (κ2) is 8.70. The summed E-state index contributed by atoms with van der Waals surface area (Å²) < 4.78 is 38.7. The third kappa shape index (κ3) is 4.65. The second-order valence-electron chi connectivity index (χ2n) is 7.42. The van der Waals surface area contributed by atoms with Crippen molar-refractivity contribution in [1.82, 2.24) is 0 Å². The highest BCUT2D eigenvalue weighted by Gasteiger charge is 2.35. The molecule has 2 amide bonds. The number of aryl methyl sites for hydroxylation is 1. The molecule has 4 nitrogen and oxygen atoms in total. The minimum Gasteiger partial charge on any atom is -0.322 e. The lowest BCUT2D eigenvalue weighted by Gasteiger charge is -2.25. The number of anilines is 2. The number of rotatable bonds is 4. The van der Waals surface area contributed by atoms with Crippen molar-refractivity contribution in [2.24, 2.45) is 0 Å². The number of halogens is 3. The molecule has 1 fully saturated rings. The maximum Gasteiger partial charge on any atom is 0.416 e. The minimum absolute atomic E-state index is 0.186. The molecule has 0 aromatic heterocycles. The zero-order valence-corrected chi connectivity index (χ0v) is 17.8. The van der Waals surface area contributed by atoms with Crippen LogP contribution in [0.1, 0.15) is 32.4 Å². The number of thioether (sulfide) groups is 1. The van der Waals surface area contributed by atoms with Gasteiger partial charge in [0.2, 0.25) is 5.91 Å². The minimum atomic E-state index is -4.44. The zero-order chi connectivity index (χ0) is 22.9. The lowest BCUT2D eigenvalue weighted by molar-refractivity contribution is -0.137. The number of amides is 2. The Labute approximate surface area is 187 Å². The van der Waals surface area contributed by atoms with Gasteiger partial charge in [0.05, 0.1) is 11.3 Å². The first kappa shape index (κ1) is 22.0. The molecule has 164 valence electrons. The molecule has 0 aliphatic carbocycles. The van der Waals surface area contributed by atoms with E-state index in [2.05, 4.69) is 5.32 Å². The standard InChI is InChI=1S/C24H19F3N2O2S/c1-15-5-7-16(8-6-15)22(31)28-19-4-2-3-17(13-19)23-29(21(30)14-32-23)20-11-9-18(10-12-20)24(25,26)27/h2-13,23H,14H2,1H3,(H,28,31)/t23-/m1/s1. The number of carbonyl (C=O) groups excluding carboxylic acids is 2. The van der Waals surface area contributed by atoms with Gasteiger partial charge in [-0.2, -0.15) is 13.2 Å². The Hall–Kier alpha value is -3.26. The van der Waals surface area contributed by atoms with Crippen molar-refractivity contribution in [2.75, 3.05) is 16.0 Å². The molecule has 1 N–H and O–H groups in total. The summed E-state index contributed by atoms with van der Waals surface area (Å²) in [7, 11) is 0. The largest absolute Gasteiger partial charge is 0.416 e. The van der Waals surface area contributed by atoms with E-state index in [0.717, 1.165) is 23.3 Å². The third-order valence-corrected chi connectivity index (χ3v) is 6.30. The highest BCUT2D eigenvalue weighted by molar-refractivity contribution is 8.00. The Morgan fingerprint density at radius 2 is 1.72 bits per heavy atom. The van der Waals surface area contributed by atoms with Crippen LogP contribution in [-0.4, -0.2) is 17.6 Å². The maximum atomic E-state index is 12.9. The third-order valence-electron chi connectivity index (χ3n) is 5.08. The lowest BCUT2D eigenvalue weighted by atomic mass is 10.1. The predicted molar refractivity (Wildman–Crippen MR) is 120 cm³/mol. The number of nitrogens with one attached hydrogen (secondary N) is 1. The number of carbonyl (C=O) groups is 2. The molecule has 0 bridgehead atoms. The molecular weight excluding hydrogens is 437 g/mol. The summed E-state index contributed by atoms with van der Waals surface area (Å²) in [6.45, 7) is 1.94. The molecule has 1 aliphatic rings. The molecule has 4 rings (SSSR count). The SMILES string of the molecule is Cc1ccc(C(=O)Nc2cccc([C@H]3SCC(=O)N3c3ccc(C(F)(F)F)cc3)c2)cc1. The highest BCUT2D eigenvalue weighted by atomic mass is 32.2. The van der Waals surface area contributed by atoms with Gasteiger partial charge in [-0.05, 0) is 61.0 Å². The number of nitrogens with zero attached hydrogens (tertiary/aromatic N) is 1. The van der Waals surface area contributed by atoms with Crippen molar-refractivity contribution in [3.8, 4) is 0 Å². The van der Waals surface area contributed by atoms with Gasteiger partial charge < -0.3 is 5.32 Å². The van der Waals surface area contributed by atoms with E-state index in [9.17, 15) is 22.8 Å². The zero-order valence-electron chi connectivity index (χ0n) is 17.0. The number of benzene rings is 3. The van der Waals surface area contributed by atoms with Gasteiger partial charge in [-0.15, -0.1) is 11.8 Å². The van der Waals surface area contributed by atoms with Gasteiger partial charge in [-0.3, -0.25) is 14.5 Å². The molecule has 1 heterocycles. The van der Waals surface area contributed by atoms with Crippen molar-refractivity contribution in [3.05, 3.63) is 95.1 Å². The molecule has 1 aliphatic heterocycles. The van der Waals surface area contributed by atoms with Gasteiger partial charge in [-0.1, -0.05) is 29.8 Å². The Kier molecular flexibility index (Phi) is 5.97. The Bertz CT molecular complexity index is 1150. The van der Waals surface area contributed by atoms with Crippen LogP contribution in [0.4, 0.5) is 24.5 Å². The van der Waals surface area contributed by atoms with Gasteiger partial charge in [0.1, 0.15) is 5.37 Å². The summed E-state index contributed by atoms with van der Waals surface area (Å²) in [6, 6.07) is 18.9. The number of alkyl halides is 3. The summed E-state index contributed by atoms with van der Waals surface area (Å²) in [5.74, 6) is -0.225. The van der Waals surface area contributed by atoms with Crippen LogP contribution in [0.5, 0.6) is 0 Å². The van der Waals surface area contributed by atoms with Crippen LogP contribution >= 0.6 is 11.8 Å². The van der Waals surface area contributed by atoms with Crippen molar-refractivity contribution in [2.45, 2.75) is 18.5 Å². The number of hydrogen-bond acceptors (Lipinski definition) is 3. The number of hydrogen-bond donors (Lipinski definition) is 1. The molecule has 3 aromatic carbocycles. The highest BCUT2D eigenvalue weighted by Crippen LogP contribution is 2.43. The van der Waals surface area contributed by atoms with Crippen molar-refractivity contribution < 1.29 is 22.8 Å². The maximum absolute atomic E-state index is 12.9. The molecule has 0 saturated carbocycles. The van der Waals surface area contributed by atoms with Crippen LogP contribution in [0.15, 0.2) is 72.8 Å². The molecule has 0 radical (unpaired) electrons. The Morgan fingerprint density at radius 3 is 2.38 bits per heavy atom. The van der Waals surface area contributed by atoms with E-state index in [1.807, 2.05) is 25.1 Å². The molecule has 1 saturated heterocycles. The van der Waals surface area contributed by atoms with Crippen LogP contribution in [0, 0.1) is 6.92 Å². The van der Waals surface area contributed by atoms with Crippen LogP contribution in [0.2, 0.25) is 0 Å². The first-order chi connectivity index (χ1) is 15.2. The fourth-order valence-corrected chi connectivity index (χ4v) is 4.61. The van der Waals surface area contributed by atoms with Gasteiger partial charge in [0.25, 0.3) is 5.91 Å². The summed E-state index contributed by atoms with van der Waals surface area (Å²) >= 11 is 1.38. The van der Waals surface area contributed by atoms with E-state index in [-0.39, 0.29) is 17.6 Å². The average Bonchev–Trinajstić information content (AvgIpc) is 3.15. The predicted octanol–water partition coefficient (Wildman–Crippen LogP) is 6.04. The van der Waals surface area contributed by atoms with Crippen molar-refractivity contribution in [1.29, 1.82) is 0 Å². The van der Waals surface area contributed by atoms with Crippen molar-refractivity contribution in [3.63, 3.8) is 0 Å². The molecule has 8 heteroatoms. The van der Waals surface area contributed by atoms with E-state index in [1.54, 1.807) is 30.3 Å². The molecule has 3 aromatic rings. The first-order valence-corrected chi connectivity index (χ1v) is 10.9. The second-order valence-corrected chi connectivity index (χ2v) is 8.49. The average molecular weight is 456 g/mol. The van der Waals surface area contributed by atoms with Gasteiger partial charge in [0, 0.05) is 16.9 Å². The van der Waals surface area contributed by atoms with E-state index < -0.39 is 17.1 Å². The molecule has 1 atom stereocenters. The summed E-state index contributed by atoms with van der Waals surface area (Å²) in [5, 5.41) is 2.45. The van der Waals surface area contributed by atoms with Gasteiger partial charge in [-0.25, -0.2) is 0 Å². The van der Waals surface area contributed by atoms with Crippen LogP contribution < -0.4 is 10.2 Å². The smallest absolute Gasteiger partial charge is 0.322 e. The van der Waals surface area contributed by atoms with Gasteiger partial charge >= 0.3 is 6.18 Å². The van der Waals surface area contributed by atoms with E-state index in [1.165, 1.54) is 28.8 Å². The fraction of sp³-hybridized carbons (Fsp3) is 0.167. The van der Waals surface area contributed by atoms with E-state index >= 15 is 0 Å². The fourth-order valence-electron chi connectivity index (χ4n) is 3.44. The molecule has 0 unspecified atom stereocenters. The van der Waals surface area contributed by atoms with Crippen LogP contribution in [0.25, 0.3) is 0 Å².